The van der Waals surface area contributed by atoms with Gasteiger partial charge in [0.25, 0.3) is 0 Å². The molecule has 0 saturated heterocycles. The molecule has 2 heteroatoms. The van der Waals surface area contributed by atoms with Crippen molar-refractivity contribution in [1.82, 2.24) is 10.6 Å². The van der Waals surface area contributed by atoms with Crippen molar-refractivity contribution in [3.05, 3.63) is 0 Å². The van der Waals surface area contributed by atoms with Gasteiger partial charge in [-0.2, -0.15) is 0 Å². The van der Waals surface area contributed by atoms with E-state index in [1.165, 1.54) is 45.1 Å². The first-order valence-electron chi connectivity index (χ1n) is 7.20. The summed E-state index contributed by atoms with van der Waals surface area (Å²) in [5.74, 6) is 1.82. The summed E-state index contributed by atoms with van der Waals surface area (Å²) in [5.41, 5.74) is 0. The molecule has 0 aromatic rings. The maximum absolute atomic E-state index is 3.52. The summed E-state index contributed by atoms with van der Waals surface area (Å²) in [7, 11) is 0. The molecule has 0 heterocycles. The normalized spacial score (nSPS) is 17.4. The Hall–Kier alpha value is -0.0800. The van der Waals surface area contributed by atoms with Crippen LogP contribution in [0.3, 0.4) is 0 Å². The lowest BCUT2D eigenvalue weighted by Crippen LogP contribution is -2.30. The molecule has 0 amide bonds. The minimum atomic E-state index is 0.766. The summed E-state index contributed by atoms with van der Waals surface area (Å²) in [4.78, 5) is 0. The van der Waals surface area contributed by atoms with Crippen molar-refractivity contribution in [2.24, 2.45) is 11.8 Å². The highest BCUT2D eigenvalue weighted by atomic mass is 14.9. The summed E-state index contributed by atoms with van der Waals surface area (Å²) in [6.07, 6.45) is 8.78. The maximum atomic E-state index is 3.52. The highest BCUT2D eigenvalue weighted by Gasteiger charge is 2.13. The van der Waals surface area contributed by atoms with Crippen molar-refractivity contribution in [3.63, 3.8) is 0 Å². The standard InChI is InChI=1S/C14H30N2/c1-13(2)12-16-11-10-15-9-5-8-14-6-3-4-7-14/h13-16H,3-12H2,1-2H3. The van der Waals surface area contributed by atoms with Crippen LogP contribution in [0.4, 0.5) is 0 Å². The zero-order valence-electron chi connectivity index (χ0n) is 11.2. The molecule has 96 valence electrons. The summed E-state index contributed by atoms with van der Waals surface area (Å²) in [6, 6.07) is 0. The van der Waals surface area contributed by atoms with E-state index >= 15 is 0 Å². The summed E-state index contributed by atoms with van der Waals surface area (Å²) in [5, 5.41) is 6.97. The minimum absolute atomic E-state index is 0.766. The van der Waals surface area contributed by atoms with Gasteiger partial charge in [-0.1, -0.05) is 39.5 Å². The Morgan fingerprint density at radius 2 is 1.69 bits per heavy atom. The van der Waals surface area contributed by atoms with Crippen LogP contribution in [0, 0.1) is 11.8 Å². The Morgan fingerprint density at radius 3 is 2.38 bits per heavy atom. The van der Waals surface area contributed by atoms with E-state index in [0.29, 0.717) is 0 Å². The van der Waals surface area contributed by atoms with Crippen molar-refractivity contribution in [2.75, 3.05) is 26.2 Å². The first kappa shape index (κ1) is 14.0. The van der Waals surface area contributed by atoms with Gasteiger partial charge >= 0.3 is 0 Å². The van der Waals surface area contributed by atoms with E-state index in [4.69, 9.17) is 0 Å². The third-order valence-electron chi connectivity index (χ3n) is 3.47. The van der Waals surface area contributed by atoms with Crippen LogP contribution < -0.4 is 10.6 Å². The molecule has 2 N–H and O–H groups in total. The SMILES string of the molecule is CC(C)CNCCNCCCC1CCCC1. The highest BCUT2D eigenvalue weighted by Crippen LogP contribution is 2.28. The maximum Gasteiger partial charge on any atom is 0.00768 e. The van der Waals surface area contributed by atoms with E-state index in [1.54, 1.807) is 0 Å². The van der Waals surface area contributed by atoms with Crippen molar-refractivity contribution < 1.29 is 0 Å². The van der Waals surface area contributed by atoms with Gasteiger partial charge in [-0.05, 0) is 37.8 Å². The van der Waals surface area contributed by atoms with Crippen molar-refractivity contribution in [3.8, 4) is 0 Å². The smallest absolute Gasteiger partial charge is 0.00768 e. The first-order chi connectivity index (χ1) is 7.79. The molecule has 0 bridgehead atoms. The summed E-state index contributed by atoms with van der Waals surface area (Å²) >= 11 is 0. The van der Waals surface area contributed by atoms with Gasteiger partial charge in [0.15, 0.2) is 0 Å². The fourth-order valence-corrected chi connectivity index (χ4v) is 2.51. The molecule has 1 fully saturated rings. The van der Waals surface area contributed by atoms with Crippen LogP contribution in [0.5, 0.6) is 0 Å². The van der Waals surface area contributed by atoms with E-state index in [1.807, 2.05) is 0 Å². The zero-order chi connectivity index (χ0) is 11.6. The number of hydrogen-bond acceptors (Lipinski definition) is 2. The van der Waals surface area contributed by atoms with Gasteiger partial charge in [0, 0.05) is 13.1 Å². The van der Waals surface area contributed by atoms with Crippen LogP contribution in [0.25, 0.3) is 0 Å². The number of hydrogen-bond donors (Lipinski definition) is 2. The molecule has 16 heavy (non-hydrogen) atoms. The Morgan fingerprint density at radius 1 is 1.00 bits per heavy atom. The van der Waals surface area contributed by atoms with Gasteiger partial charge in [-0.3, -0.25) is 0 Å². The fourth-order valence-electron chi connectivity index (χ4n) is 2.51. The largest absolute Gasteiger partial charge is 0.315 e. The topological polar surface area (TPSA) is 24.1 Å². The number of nitrogens with one attached hydrogen (secondary N) is 2. The molecule has 0 spiro atoms. The van der Waals surface area contributed by atoms with Gasteiger partial charge in [0.2, 0.25) is 0 Å². The van der Waals surface area contributed by atoms with Crippen molar-refractivity contribution in [1.29, 1.82) is 0 Å². The Kier molecular flexibility index (Phi) is 7.87. The van der Waals surface area contributed by atoms with E-state index in [-0.39, 0.29) is 0 Å². The van der Waals surface area contributed by atoms with Crippen LogP contribution in [0.15, 0.2) is 0 Å². The third kappa shape index (κ3) is 7.24. The molecule has 1 aliphatic carbocycles. The first-order valence-corrected chi connectivity index (χ1v) is 7.20. The van der Waals surface area contributed by atoms with Gasteiger partial charge < -0.3 is 10.6 Å². The van der Waals surface area contributed by atoms with Crippen LogP contribution in [-0.4, -0.2) is 26.2 Å². The van der Waals surface area contributed by atoms with Crippen LogP contribution in [0.2, 0.25) is 0 Å². The molecule has 1 rings (SSSR count). The molecular weight excluding hydrogens is 196 g/mol. The van der Waals surface area contributed by atoms with Crippen LogP contribution in [-0.2, 0) is 0 Å². The lowest BCUT2D eigenvalue weighted by atomic mass is 10.0. The van der Waals surface area contributed by atoms with Crippen molar-refractivity contribution >= 4 is 0 Å². The van der Waals surface area contributed by atoms with Gasteiger partial charge in [0.1, 0.15) is 0 Å². The Bertz CT molecular complexity index is 151. The lowest BCUT2D eigenvalue weighted by molar-refractivity contribution is 0.466. The second-order valence-corrected chi connectivity index (χ2v) is 5.64. The zero-order valence-corrected chi connectivity index (χ0v) is 11.2. The quantitative estimate of drug-likeness (QED) is 0.591. The molecular formula is C14H30N2. The van der Waals surface area contributed by atoms with E-state index in [0.717, 1.165) is 31.5 Å². The molecule has 0 aliphatic heterocycles. The summed E-state index contributed by atoms with van der Waals surface area (Å²) in [6.45, 7) is 9.09. The van der Waals surface area contributed by atoms with E-state index in [9.17, 15) is 0 Å². The second-order valence-electron chi connectivity index (χ2n) is 5.64. The average Bonchev–Trinajstić information content (AvgIpc) is 2.74. The number of rotatable bonds is 9. The van der Waals surface area contributed by atoms with Gasteiger partial charge in [-0.15, -0.1) is 0 Å². The third-order valence-corrected chi connectivity index (χ3v) is 3.47. The average molecular weight is 226 g/mol. The molecule has 0 radical (unpaired) electrons. The summed E-state index contributed by atoms with van der Waals surface area (Å²) < 4.78 is 0. The van der Waals surface area contributed by atoms with Gasteiger partial charge in [0.05, 0.1) is 0 Å². The molecule has 0 unspecified atom stereocenters. The van der Waals surface area contributed by atoms with Crippen LogP contribution >= 0.6 is 0 Å². The monoisotopic (exact) mass is 226 g/mol. The molecule has 2 nitrogen and oxygen atoms in total. The molecule has 0 aromatic heterocycles. The second kappa shape index (κ2) is 9.00. The molecule has 1 aliphatic rings. The van der Waals surface area contributed by atoms with E-state index in [2.05, 4.69) is 24.5 Å². The fraction of sp³-hybridized carbons (Fsp3) is 1.00. The minimum Gasteiger partial charge on any atom is -0.315 e. The highest BCUT2D eigenvalue weighted by molar-refractivity contribution is 4.67. The molecule has 0 aromatic carbocycles. The predicted octanol–water partition coefficient (Wildman–Crippen LogP) is 2.79. The molecule has 1 saturated carbocycles. The van der Waals surface area contributed by atoms with Gasteiger partial charge in [-0.25, -0.2) is 0 Å². The van der Waals surface area contributed by atoms with Crippen molar-refractivity contribution in [2.45, 2.75) is 52.4 Å². The lowest BCUT2D eigenvalue weighted by Gasteiger charge is -2.10. The Labute approximate surface area is 102 Å². The predicted molar refractivity (Wildman–Crippen MR) is 71.8 cm³/mol. The van der Waals surface area contributed by atoms with E-state index < -0.39 is 0 Å². The van der Waals surface area contributed by atoms with Crippen LogP contribution in [0.1, 0.15) is 52.4 Å². The molecule has 0 atom stereocenters. The Balaban J connectivity index is 1.74.